The van der Waals surface area contributed by atoms with E-state index in [2.05, 4.69) is 76.9 Å². The van der Waals surface area contributed by atoms with Gasteiger partial charge in [-0.1, -0.05) is 0 Å². The zero-order valence-corrected chi connectivity index (χ0v) is 16.3. The fourth-order valence-corrected chi connectivity index (χ4v) is 2.29. The van der Waals surface area contributed by atoms with Crippen molar-refractivity contribution in [3.05, 3.63) is 28.8 Å². The molecule has 0 bridgehead atoms. The van der Waals surface area contributed by atoms with E-state index < -0.39 is 0 Å². The number of halogens is 2. The van der Waals surface area contributed by atoms with Crippen molar-refractivity contribution >= 4 is 16.3 Å². The SMILES string of the molecule is Cc1cc(C(C)(C)C)c(O[CH2][Al+2])c(C(C)(C)C)c1.[Cl-].[Cl-]. The Kier molecular flexibility index (Phi) is 8.91. The van der Waals surface area contributed by atoms with Crippen LogP contribution in [0.2, 0.25) is 0 Å². The van der Waals surface area contributed by atoms with Gasteiger partial charge in [0.05, 0.1) is 0 Å². The van der Waals surface area contributed by atoms with E-state index in [0.717, 1.165) is 5.75 Å². The average molecular weight is 331 g/mol. The van der Waals surface area contributed by atoms with E-state index in [1.54, 1.807) is 0 Å². The van der Waals surface area contributed by atoms with Crippen molar-refractivity contribution in [3.63, 3.8) is 0 Å². The Morgan fingerprint density at radius 2 is 1.25 bits per heavy atom. The second-order valence-electron chi connectivity index (χ2n) is 7.00. The van der Waals surface area contributed by atoms with Crippen molar-refractivity contribution in [2.45, 2.75) is 59.3 Å². The van der Waals surface area contributed by atoms with Crippen molar-refractivity contribution in [1.29, 1.82) is 0 Å². The van der Waals surface area contributed by atoms with Gasteiger partial charge in [0.1, 0.15) is 0 Å². The van der Waals surface area contributed by atoms with Crippen LogP contribution in [0.3, 0.4) is 0 Å². The summed E-state index contributed by atoms with van der Waals surface area (Å²) in [7, 11) is 0. The molecule has 4 heteroatoms. The standard InChI is InChI=1S/C16H25O.Al.2ClH/c1-11-9-12(15(2,3)4)14(17-8)13(10-11)16(5,6)7;;;/h9-10H,8H2,1-7H3;;2*1H/q;+2;;/p-2. The van der Waals surface area contributed by atoms with Crippen LogP contribution in [0.1, 0.15) is 58.2 Å². The molecule has 0 aliphatic carbocycles. The molecule has 0 saturated carbocycles. The van der Waals surface area contributed by atoms with Crippen LogP contribution in [0.15, 0.2) is 12.1 Å². The minimum atomic E-state index is 0. The molecule has 0 spiro atoms. The van der Waals surface area contributed by atoms with E-state index in [1.807, 2.05) is 0 Å². The fraction of sp³-hybridized carbons (Fsp3) is 0.625. The molecule has 1 aromatic rings. The predicted molar refractivity (Wildman–Crippen MR) is 79.8 cm³/mol. The molecule has 0 N–H and O–H groups in total. The smallest absolute Gasteiger partial charge is 1.00 e. The van der Waals surface area contributed by atoms with Crippen LogP contribution in [0.4, 0.5) is 0 Å². The van der Waals surface area contributed by atoms with Crippen LogP contribution >= 0.6 is 0 Å². The van der Waals surface area contributed by atoms with Gasteiger partial charge in [-0.3, -0.25) is 0 Å². The molecule has 1 rings (SSSR count). The average Bonchev–Trinajstić information content (AvgIpc) is 2.17. The molecule has 0 saturated heterocycles. The summed E-state index contributed by atoms with van der Waals surface area (Å²) in [6, 6.07) is 4.51. The first kappa shape index (κ1) is 22.4. The Morgan fingerprint density at radius 1 is 0.900 bits per heavy atom. The normalized spacial score (nSPS) is 11.4. The van der Waals surface area contributed by atoms with Crippen molar-refractivity contribution < 1.29 is 29.6 Å². The monoisotopic (exact) mass is 330 g/mol. The molecule has 0 amide bonds. The molecular formula is C16H25AlCl2O. The summed E-state index contributed by atoms with van der Waals surface area (Å²) in [6.45, 7) is 15.6. The summed E-state index contributed by atoms with van der Waals surface area (Å²) >= 11 is 2.65. The number of rotatable bonds is 2. The van der Waals surface area contributed by atoms with E-state index >= 15 is 0 Å². The van der Waals surface area contributed by atoms with Gasteiger partial charge in [0.25, 0.3) is 0 Å². The number of ether oxygens (including phenoxy) is 1. The van der Waals surface area contributed by atoms with Gasteiger partial charge in [-0.25, -0.2) is 0 Å². The topological polar surface area (TPSA) is 9.23 Å². The van der Waals surface area contributed by atoms with Gasteiger partial charge >= 0.3 is 120 Å². The minimum Gasteiger partial charge on any atom is -1.00 e. The third-order valence-electron chi connectivity index (χ3n) is 3.08. The molecule has 0 atom stereocenters. The second-order valence-corrected chi connectivity index (χ2v) is 7.33. The first-order valence-electron chi connectivity index (χ1n) is 6.56. The van der Waals surface area contributed by atoms with Gasteiger partial charge < -0.3 is 24.8 Å². The van der Waals surface area contributed by atoms with E-state index in [-0.39, 0.29) is 35.6 Å². The van der Waals surface area contributed by atoms with Gasteiger partial charge in [-0.2, -0.15) is 0 Å². The second kappa shape index (κ2) is 7.95. The molecule has 112 valence electrons. The maximum atomic E-state index is 5.94. The third kappa shape index (κ3) is 5.49. The van der Waals surface area contributed by atoms with Gasteiger partial charge in [-0.05, 0) is 0 Å². The summed E-state index contributed by atoms with van der Waals surface area (Å²) in [6.07, 6.45) is 0. The molecule has 0 aliphatic rings. The van der Waals surface area contributed by atoms with Gasteiger partial charge in [0.2, 0.25) is 0 Å². The molecule has 1 nitrogen and oxygen atoms in total. The Hall–Kier alpha value is 0.132. The predicted octanol–water partition coefficient (Wildman–Crippen LogP) is -1.90. The molecule has 20 heavy (non-hydrogen) atoms. The van der Waals surface area contributed by atoms with Crippen molar-refractivity contribution in [1.82, 2.24) is 0 Å². The Balaban J connectivity index is 0. The van der Waals surface area contributed by atoms with Crippen molar-refractivity contribution in [3.8, 4) is 5.75 Å². The molecule has 0 fully saturated rings. The van der Waals surface area contributed by atoms with E-state index in [1.165, 1.54) is 16.7 Å². The van der Waals surface area contributed by atoms with Crippen LogP contribution in [0, 0.1) is 6.92 Å². The minimum absolute atomic E-state index is 0. The van der Waals surface area contributed by atoms with Gasteiger partial charge in [0.15, 0.2) is 0 Å². The molecule has 0 aromatic heterocycles. The third-order valence-corrected chi connectivity index (χ3v) is 3.24. The summed E-state index contributed by atoms with van der Waals surface area (Å²) in [5, 5.41) is 0. The first-order valence-corrected chi connectivity index (χ1v) is 7.37. The van der Waals surface area contributed by atoms with Crippen molar-refractivity contribution in [2.75, 3.05) is 5.47 Å². The first-order chi connectivity index (χ1) is 8.07. The molecule has 1 aromatic carbocycles. The van der Waals surface area contributed by atoms with E-state index in [9.17, 15) is 0 Å². The van der Waals surface area contributed by atoms with Crippen LogP contribution in [-0.4, -0.2) is 21.8 Å². The summed E-state index contributed by atoms with van der Waals surface area (Å²) in [5.41, 5.74) is 4.74. The number of hydrogen-bond donors (Lipinski definition) is 0. The van der Waals surface area contributed by atoms with Crippen LogP contribution in [-0.2, 0) is 10.8 Å². The van der Waals surface area contributed by atoms with Crippen molar-refractivity contribution in [2.24, 2.45) is 0 Å². The van der Waals surface area contributed by atoms with Gasteiger partial charge in [0, 0.05) is 0 Å². The Morgan fingerprint density at radius 3 is 1.50 bits per heavy atom. The zero-order chi connectivity index (χ0) is 14.1. The van der Waals surface area contributed by atoms with Crippen LogP contribution in [0.25, 0.3) is 0 Å². The Bertz CT molecular complexity index is 396. The molecule has 0 unspecified atom stereocenters. The Labute approximate surface area is 145 Å². The molecule has 0 aliphatic heterocycles. The molecule has 0 radical (unpaired) electrons. The molecular weight excluding hydrogens is 306 g/mol. The maximum Gasteiger partial charge on any atom is -1.00 e. The van der Waals surface area contributed by atoms with Gasteiger partial charge in [-0.15, -0.1) is 0 Å². The molecule has 0 heterocycles. The van der Waals surface area contributed by atoms with E-state index in [0.29, 0.717) is 5.47 Å². The van der Waals surface area contributed by atoms with E-state index in [4.69, 9.17) is 4.74 Å². The van der Waals surface area contributed by atoms with Crippen LogP contribution < -0.4 is 29.6 Å². The summed E-state index contributed by atoms with van der Waals surface area (Å²) in [5.74, 6) is 1.07. The zero-order valence-electron chi connectivity index (χ0n) is 13.6. The largest absolute Gasteiger partial charge is 1.00 e. The maximum absolute atomic E-state index is 5.94. The number of aryl methyl sites for hydroxylation is 1. The van der Waals surface area contributed by atoms with Crippen LogP contribution in [0.5, 0.6) is 5.75 Å². The fourth-order valence-electron chi connectivity index (χ4n) is 2.13. The summed E-state index contributed by atoms with van der Waals surface area (Å²) < 4.78 is 5.94. The number of hydrogen-bond acceptors (Lipinski definition) is 1. The summed E-state index contributed by atoms with van der Waals surface area (Å²) in [4.78, 5) is 0. The quantitative estimate of drug-likeness (QED) is 0.576. The number of benzene rings is 1.